The SMILES string of the molecule is CCCCCCCC/C=C\CCCCCCCCCC(=O)OCCCCCCCCCCCCCCCCCCCCCCCCCCCCCCC(=O)NC(CO)C(O)CCCCCCCCCCCCCCCCC. The van der Waals surface area contributed by atoms with Crippen LogP contribution in [0.2, 0.25) is 0 Å². The summed E-state index contributed by atoms with van der Waals surface area (Å²) in [6.07, 6.45) is 82.6. The van der Waals surface area contributed by atoms with Gasteiger partial charge in [-0.1, -0.05) is 353 Å². The lowest BCUT2D eigenvalue weighted by Crippen LogP contribution is -2.45. The number of aliphatic hydroxyl groups is 2. The molecule has 77 heavy (non-hydrogen) atoms. The lowest BCUT2D eigenvalue weighted by atomic mass is 10.0. The van der Waals surface area contributed by atoms with Crippen molar-refractivity contribution in [3.63, 3.8) is 0 Å². The first-order valence-corrected chi connectivity index (χ1v) is 35.4. The summed E-state index contributed by atoms with van der Waals surface area (Å²) in [5, 5.41) is 23.3. The molecule has 0 fully saturated rings. The summed E-state index contributed by atoms with van der Waals surface area (Å²) in [7, 11) is 0. The van der Waals surface area contributed by atoms with Crippen LogP contribution in [0.5, 0.6) is 0 Å². The molecule has 0 saturated carbocycles. The van der Waals surface area contributed by atoms with Gasteiger partial charge in [0, 0.05) is 12.8 Å². The Bertz CT molecular complexity index is 1160. The minimum absolute atomic E-state index is 0.0165. The van der Waals surface area contributed by atoms with Crippen molar-refractivity contribution >= 4 is 11.9 Å². The average molecular weight is 1090 g/mol. The van der Waals surface area contributed by atoms with E-state index in [1.165, 1.54) is 327 Å². The zero-order chi connectivity index (χ0) is 55.7. The number of hydrogen-bond acceptors (Lipinski definition) is 5. The molecule has 0 aliphatic rings. The molecule has 0 aliphatic carbocycles. The molecule has 0 aliphatic heterocycles. The number of allylic oxidation sites excluding steroid dienone is 2. The summed E-state index contributed by atoms with van der Waals surface area (Å²) in [6.45, 7) is 4.99. The van der Waals surface area contributed by atoms with E-state index in [1.54, 1.807) is 0 Å². The zero-order valence-corrected chi connectivity index (χ0v) is 52.5. The van der Waals surface area contributed by atoms with Gasteiger partial charge in [0.2, 0.25) is 5.91 Å². The molecule has 2 unspecified atom stereocenters. The Morgan fingerprint density at radius 2 is 0.610 bits per heavy atom. The normalized spacial score (nSPS) is 12.5. The molecule has 0 bridgehead atoms. The van der Waals surface area contributed by atoms with Crippen molar-refractivity contribution in [1.29, 1.82) is 0 Å². The number of hydrogen-bond donors (Lipinski definition) is 3. The van der Waals surface area contributed by atoms with E-state index in [0.717, 1.165) is 44.9 Å². The number of esters is 1. The van der Waals surface area contributed by atoms with E-state index < -0.39 is 12.1 Å². The second-order valence-electron chi connectivity index (χ2n) is 24.6. The lowest BCUT2D eigenvalue weighted by molar-refractivity contribution is -0.143. The highest BCUT2D eigenvalue weighted by Gasteiger charge is 2.20. The number of ether oxygens (including phenoxy) is 1. The Kier molecular flexibility index (Phi) is 65.9. The van der Waals surface area contributed by atoms with Gasteiger partial charge in [0.15, 0.2) is 0 Å². The Morgan fingerprint density at radius 3 is 0.922 bits per heavy atom. The second-order valence-corrected chi connectivity index (χ2v) is 24.6. The summed E-state index contributed by atoms with van der Waals surface area (Å²) in [5.41, 5.74) is 0. The van der Waals surface area contributed by atoms with Crippen molar-refractivity contribution in [2.75, 3.05) is 13.2 Å². The number of rotatable bonds is 67. The molecule has 0 spiro atoms. The maximum Gasteiger partial charge on any atom is 0.305 e. The van der Waals surface area contributed by atoms with Gasteiger partial charge < -0.3 is 20.3 Å². The summed E-state index contributed by atoms with van der Waals surface area (Å²) in [4.78, 5) is 24.6. The molecule has 0 aromatic rings. The van der Waals surface area contributed by atoms with E-state index in [0.29, 0.717) is 25.9 Å². The number of carbonyl (C=O) groups excluding carboxylic acids is 2. The van der Waals surface area contributed by atoms with Crippen molar-refractivity contribution < 1.29 is 24.5 Å². The van der Waals surface area contributed by atoms with E-state index in [9.17, 15) is 19.8 Å². The van der Waals surface area contributed by atoms with Gasteiger partial charge in [0.1, 0.15) is 0 Å². The summed E-state index contributed by atoms with van der Waals surface area (Å²) < 4.78 is 5.50. The van der Waals surface area contributed by atoms with Crippen molar-refractivity contribution in [2.45, 2.75) is 418 Å². The maximum absolute atomic E-state index is 12.5. The van der Waals surface area contributed by atoms with Crippen LogP contribution in [0.15, 0.2) is 12.2 Å². The molecule has 0 rings (SSSR count). The van der Waals surface area contributed by atoms with E-state index in [2.05, 4.69) is 31.3 Å². The van der Waals surface area contributed by atoms with Gasteiger partial charge >= 0.3 is 5.97 Å². The molecule has 458 valence electrons. The van der Waals surface area contributed by atoms with Crippen LogP contribution in [-0.2, 0) is 14.3 Å². The van der Waals surface area contributed by atoms with Gasteiger partial charge in [-0.3, -0.25) is 9.59 Å². The summed E-state index contributed by atoms with van der Waals surface area (Å²) in [5.74, 6) is -0.0120. The maximum atomic E-state index is 12.5. The molecule has 1 amide bonds. The second kappa shape index (κ2) is 67.1. The van der Waals surface area contributed by atoms with Crippen LogP contribution in [0.3, 0.4) is 0 Å². The molecule has 0 aromatic heterocycles. The largest absolute Gasteiger partial charge is 0.466 e. The van der Waals surface area contributed by atoms with Gasteiger partial charge in [0.05, 0.1) is 25.4 Å². The first-order valence-electron chi connectivity index (χ1n) is 35.4. The van der Waals surface area contributed by atoms with Crippen molar-refractivity contribution in [3.05, 3.63) is 12.2 Å². The number of amides is 1. The third-order valence-corrected chi connectivity index (χ3v) is 16.8. The van der Waals surface area contributed by atoms with Crippen LogP contribution in [0.1, 0.15) is 406 Å². The molecule has 0 aromatic carbocycles. The fourth-order valence-corrected chi connectivity index (χ4v) is 11.4. The topological polar surface area (TPSA) is 95.9 Å². The minimum Gasteiger partial charge on any atom is -0.466 e. The van der Waals surface area contributed by atoms with Crippen LogP contribution in [-0.4, -0.2) is 47.4 Å². The molecule has 2 atom stereocenters. The fourth-order valence-electron chi connectivity index (χ4n) is 11.4. The smallest absolute Gasteiger partial charge is 0.305 e. The highest BCUT2D eigenvalue weighted by molar-refractivity contribution is 5.76. The number of unbranched alkanes of at least 4 members (excludes halogenated alkanes) is 54. The number of carbonyl (C=O) groups is 2. The third-order valence-electron chi connectivity index (χ3n) is 16.8. The first-order chi connectivity index (χ1) is 38.0. The third kappa shape index (κ3) is 63.6. The predicted octanol–water partition coefficient (Wildman–Crippen LogP) is 22.8. The lowest BCUT2D eigenvalue weighted by Gasteiger charge is -2.22. The van der Waals surface area contributed by atoms with Crippen LogP contribution in [0.25, 0.3) is 0 Å². The zero-order valence-electron chi connectivity index (χ0n) is 52.5. The van der Waals surface area contributed by atoms with Crippen LogP contribution in [0, 0.1) is 0 Å². The molecule has 6 heteroatoms. The Hall–Kier alpha value is -1.40. The van der Waals surface area contributed by atoms with E-state index in [4.69, 9.17) is 4.74 Å². The molecule has 6 nitrogen and oxygen atoms in total. The Balaban J connectivity index is 3.32. The van der Waals surface area contributed by atoms with Gasteiger partial charge in [-0.25, -0.2) is 0 Å². The molecule has 0 radical (unpaired) electrons. The van der Waals surface area contributed by atoms with E-state index in [1.807, 2.05) is 0 Å². The van der Waals surface area contributed by atoms with Crippen LogP contribution >= 0.6 is 0 Å². The van der Waals surface area contributed by atoms with Gasteiger partial charge in [-0.15, -0.1) is 0 Å². The van der Waals surface area contributed by atoms with Gasteiger partial charge in [-0.05, 0) is 51.4 Å². The standard InChI is InChI=1S/C71H139NO5/c1-3-5-7-9-11-13-15-17-19-32-37-41-45-49-53-57-61-65-71(76)77-66-62-58-54-50-46-42-38-34-31-29-27-25-23-21-20-22-24-26-28-30-33-36-40-44-48-52-56-60-64-70(75)72-68(67-73)69(74)63-59-55-51-47-43-39-35-18-16-14-12-10-8-6-4-2/h17,19,68-69,73-74H,3-16,18,20-67H2,1-2H3,(H,72,75)/b19-17-. The quantitative estimate of drug-likeness (QED) is 0.0320. The monoisotopic (exact) mass is 1090 g/mol. The summed E-state index contributed by atoms with van der Waals surface area (Å²) >= 11 is 0. The first kappa shape index (κ1) is 75.6. The molecule has 3 N–H and O–H groups in total. The van der Waals surface area contributed by atoms with E-state index in [-0.39, 0.29) is 18.5 Å². The molecule has 0 saturated heterocycles. The van der Waals surface area contributed by atoms with Gasteiger partial charge in [-0.2, -0.15) is 0 Å². The fraction of sp³-hybridized carbons (Fsp3) is 0.944. The number of aliphatic hydroxyl groups excluding tert-OH is 2. The van der Waals surface area contributed by atoms with Crippen LogP contribution < -0.4 is 5.32 Å². The van der Waals surface area contributed by atoms with Crippen molar-refractivity contribution in [1.82, 2.24) is 5.32 Å². The Labute approximate surface area is 482 Å². The van der Waals surface area contributed by atoms with Crippen molar-refractivity contribution in [3.8, 4) is 0 Å². The molecular formula is C71H139NO5. The van der Waals surface area contributed by atoms with Gasteiger partial charge in [0.25, 0.3) is 0 Å². The highest BCUT2D eigenvalue weighted by atomic mass is 16.5. The average Bonchev–Trinajstić information content (AvgIpc) is 3.43. The summed E-state index contributed by atoms with van der Waals surface area (Å²) in [6, 6.07) is -0.538. The predicted molar refractivity (Wildman–Crippen MR) is 338 cm³/mol. The van der Waals surface area contributed by atoms with Crippen molar-refractivity contribution in [2.24, 2.45) is 0 Å². The number of nitrogens with one attached hydrogen (secondary N) is 1. The van der Waals surface area contributed by atoms with Crippen LogP contribution in [0.4, 0.5) is 0 Å². The van der Waals surface area contributed by atoms with E-state index >= 15 is 0 Å². The minimum atomic E-state index is -0.661. The molecular weight excluding hydrogens is 947 g/mol. The molecule has 0 heterocycles. The highest BCUT2D eigenvalue weighted by Crippen LogP contribution is 2.19. The Morgan fingerprint density at radius 1 is 0.351 bits per heavy atom.